The standard InChI is InChI=1S/C15H24ClNS/c1-15(2,3)8-9-17-10-11-18-12-13-6-4-5-7-14(13)16/h4-7,17H,8-12H2,1-3H3. The molecule has 0 aliphatic heterocycles. The Bertz CT molecular complexity index is 347. The van der Waals surface area contributed by atoms with Crippen molar-refractivity contribution < 1.29 is 0 Å². The molecule has 0 unspecified atom stereocenters. The Morgan fingerprint density at radius 2 is 1.89 bits per heavy atom. The highest BCUT2D eigenvalue weighted by atomic mass is 35.5. The summed E-state index contributed by atoms with van der Waals surface area (Å²) in [6.07, 6.45) is 1.22. The maximum absolute atomic E-state index is 6.11. The molecule has 18 heavy (non-hydrogen) atoms. The lowest BCUT2D eigenvalue weighted by atomic mass is 9.92. The number of rotatable bonds is 7. The molecule has 0 aromatic heterocycles. The molecule has 1 nitrogen and oxygen atoms in total. The minimum atomic E-state index is 0.428. The van der Waals surface area contributed by atoms with Gasteiger partial charge in [0.05, 0.1) is 0 Å². The maximum Gasteiger partial charge on any atom is 0.0446 e. The zero-order chi connectivity index (χ0) is 13.4. The summed E-state index contributed by atoms with van der Waals surface area (Å²) in [5.74, 6) is 2.13. The molecule has 0 radical (unpaired) electrons. The van der Waals surface area contributed by atoms with Gasteiger partial charge in [0.2, 0.25) is 0 Å². The summed E-state index contributed by atoms with van der Waals surface area (Å²) >= 11 is 8.04. The monoisotopic (exact) mass is 285 g/mol. The molecule has 0 aliphatic carbocycles. The van der Waals surface area contributed by atoms with Crippen LogP contribution < -0.4 is 5.32 Å². The first kappa shape index (κ1) is 15.9. The van der Waals surface area contributed by atoms with E-state index in [1.54, 1.807) is 0 Å². The van der Waals surface area contributed by atoms with Gasteiger partial charge in [-0.15, -0.1) is 0 Å². The summed E-state index contributed by atoms with van der Waals surface area (Å²) < 4.78 is 0. The third-order valence-corrected chi connectivity index (χ3v) is 4.07. The zero-order valence-corrected chi connectivity index (χ0v) is 13.2. The Morgan fingerprint density at radius 3 is 2.56 bits per heavy atom. The third-order valence-electron chi connectivity index (χ3n) is 2.69. The third kappa shape index (κ3) is 7.30. The average Bonchev–Trinajstić information content (AvgIpc) is 2.28. The minimum absolute atomic E-state index is 0.428. The van der Waals surface area contributed by atoms with E-state index in [9.17, 15) is 0 Å². The zero-order valence-electron chi connectivity index (χ0n) is 11.6. The lowest BCUT2D eigenvalue weighted by Gasteiger charge is -2.17. The number of nitrogens with one attached hydrogen (secondary N) is 1. The van der Waals surface area contributed by atoms with Crippen LogP contribution in [-0.4, -0.2) is 18.8 Å². The van der Waals surface area contributed by atoms with Crippen LogP contribution in [0.25, 0.3) is 0 Å². The van der Waals surface area contributed by atoms with Crippen molar-refractivity contribution in [3.05, 3.63) is 34.9 Å². The number of benzene rings is 1. The molecule has 102 valence electrons. The van der Waals surface area contributed by atoms with E-state index in [1.165, 1.54) is 12.0 Å². The second kappa shape index (κ2) is 8.08. The van der Waals surface area contributed by atoms with Gasteiger partial charge in [-0.25, -0.2) is 0 Å². The van der Waals surface area contributed by atoms with Crippen LogP contribution in [0.5, 0.6) is 0 Å². The molecule has 0 atom stereocenters. The van der Waals surface area contributed by atoms with Gasteiger partial charge in [-0.2, -0.15) is 11.8 Å². The van der Waals surface area contributed by atoms with Gasteiger partial charge in [-0.05, 0) is 30.0 Å². The second-order valence-corrected chi connectivity index (χ2v) is 7.22. The van der Waals surface area contributed by atoms with Gasteiger partial charge in [-0.1, -0.05) is 50.6 Å². The van der Waals surface area contributed by atoms with Crippen molar-refractivity contribution >= 4 is 23.4 Å². The molecule has 1 N–H and O–H groups in total. The predicted octanol–water partition coefficient (Wildman–Crippen LogP) is 4.60. The van der Waals surface area contributed by atoms with Crippen molar-refractivity contribution in [3.8, 4) is 0 Å². The van der Waals surface area contributed by atoms with Crippen LogP contribution in [0.1, 0.15) is 32.8 Å². The minimum Gasteiger partial charge on any atom is -0.316 e. The first-order chi connectivity index (χ1) is 8.49. The van der Waals surface area contributed by atoms with Gasteiger partial charge in [0.1, 0.15) is 0 Å². The van der Waals surface area contributed by atoms with Crippen molar-refractivity contribution in [1.82, 2.24) is 5.32 Å². The van der Waals surface area contributed by atoms with Crippen LogP contribution in [0, 0.1) is 5.41 Å². The van der Waals surface area contributed by atoms with E-state index in [2.05, 4.69) is 32.2 Å². The summed E-state index contributed by atoms with van der Waals surface area (Å²) in [6, 6.07) is 8.08. The number of halogens is 1. The molecule has 0 spiro atoms. The summed E-state index contributed by atoms with van der Waals surface area (Å²) in [5.41, 5.74) is 1.66. The van der Waals surface area contributed by atoms with Crippen molar-refractivity contribution in [3.63, 3.8) is 0 Å². The van der Waals surface area contributed by atoms with Crippen molar-refractivity contribution in [1.29, 1.82) is 0 Å². The Hall–Kier alpha value is -0.180. The molecule has 0 heterocycles. The van der Waals surface area contributed by atoms with Gasteiger partial charge in [-0.3, -0.25) is 0 Å². The Morgan fingerprint density at radius 1 is 1.17 bits per heavy atom. The summed E-state index contributed by atoms with van der Waals surface area (Å²) in [6.45, 7) is 9.02. The van der Waals surface area contributed by atoms with Crippen LogP contribution in [0.4, 0.5) is 0 Å². The SMILES string of the molecule is CC(C)(C)CCNCCSCc1ccccc1Cl. The summed E-state index contributed by atoms with van der Waals surface area (Å²) in [4.78, 5) is 0. The number of thioether (sulfide) groups is 1. The lowest BCUT2D eigenvalue weighted by molar-refractivity contribution is 0.369. The fourth-order valence-corrected chi connectivity index (χ4v) is 2.72. The van der Waals surface area contributed by atoms with Crippen LogP contribution in [0.15, 0.2) is 24.3 Å². The molecule has 0 bridgehead atoms. The van der Waals surface area contributed by atoms with Crippen LogP contribution in [0.3, 0.4) is 0 Å². The van der Waals surface area contributed by atoms with Gasteiger partial charge in [0, 0.05) is 23.1 Å². The normalized spacial score (nSPS) is 11.8. The second-order valence-electron chi connectivity index (χ2n) is 5.70. The molecule has 0 saturated carbocycles. The first-order valence-electron chi connectivity index (χ1n) is 6.51. The highest BCUT2D eigenvalue weighted by Gasteiger charge is 2.08. The van der Waals surface area contributed by atoms with E-state index >= 15 is 0 Å². The fourth-order valence-electron chi connectivity index (χ4n) is 1.53. The van der Waals surface area contributed by atoms with Gasteiger partial charge in [0.15, 0.2) is 0 Å². The molecular formula is C15H24ClNS. The number of hydrogen-bond donors (Lipinski definition) is 1. The molecule has 0 amide bonds. The molecule has 0 saturated heterocycles. The van der Waals surface area contributed by atoms with Crippen molar-refractivity contribution in [2.45, 2.75) is 32.9 Å². The topological polar surface area (TPSA) is 12.0 Å². The average molecular weight is 286 g/mol. The Labute approximate surface area is 121 Å². The predicted molar refractivity (Wildman–Crippen MR) is 84.6 cm³/mol. The fraction of sp³-hybridized carbons (Fsp3) is 0.600. The first-order valence-corrected chi connectivity index (χ1v) is 8.04. The quantitative estimate of drug-likeness (QED) is 0.735. The van der Waals surface area contributed by atoms with Crippen LogP contribution >= 0.6 is 23.4 Å². The van der Waals surface area contributed by atoms with E-state index in [0.29, 0.717) is 5.41 Å². The largest absolute Gasteiger partial charge is 0.316 e. The molecular weight excluding hydrogens is 262 g/mol. The van der Waals surface area contributed by atoms with E-state index in [4.69, 9.17) is 11.6 Å². The van der Waals surface area contributed by atoms with E-state index in [1.807, 2.05) is 30.0 Å². The lowest BCUT2D eigenvalue weighted by Crippen LogP contribution is -2.22. The Kier molecular flexibility index (Phi) is 7.13. The number of hydrogen-bond acceptors (Lipinski definition) is 2. The highest BCUT2D eigenvalue weighted by Crippen LogP contribution is 2.20. The van der Waals surface area contributed by atoms with Gasteiger partial charge < -0.3 is 5.32 Å². The van der Waals surface area contributed by atoms with Crippen molar-refractivity contribution in [2.24, 2.45) is 5.41 Å². The molecule has 0 fully saturated rings. The Balaban J connectivity index is 2.04. The van der Waals surface area contributed by atoms with E-state index < -0.39 is 0 Å². The molecule has 0 aliphatic rings. The van der Waals surface area contributed by atoms with Gasteiger partial charge in [0.25, 0.3) is 0 Å². The van der Waals surface area contributed by atoms with Crippen molar-refractivity contribution in [2.75, 3.05) is 18.8 Å². The van der Waals surface area contributed by atoms with Gasteiger partial charge >= 0.3 is 0 Å². The van der Waals surface area contributed by atoms with E-state index in [-0.39, 0.29) is 0 Å². The molecule has 1 aromatic rings. The van der Waals surface area contributed by atoms with Crippen LogP contribution in [-0.2, 0) is 5.75 Å². The molecule has 3 heteroatoms. The smallest absolute Gasteiger partial charge is 0.0446 e. The van der Waals surface area contributed by atoms with Crippen LogP contribution in [0.2, 0.25) is 5.02 Å². The molecule has 1 rings (SSSR count). The summed E-state index contributed by atoms with van der Waals surface area (Å²) in [5, 5.41) is 4.37. The maximum atomic E-state index is 6.11. The molecule has 1 aromatic carbocycles. The highest BCUT2D eigenvalue weighted by molar-refractivity contribution is 7.98. The summed E-state index contributed by atoms with van der Waals surface area (Å²) in [7, 11) is 0. The van der Waals surface area contributed by atoms with E-state index in [0.717, 1.165) is 29.6 Å².